The van der Waals surface area contributed by atoms with Crippen LogP contribution in [-0.4, -0.2) is 29.9 Å². The Kier molecular flexibility index (Phi) is 7.27. The van der Waals surface area contributed by atoms with E-state index in [1.807, 2.05) is 60.9 Å². The summed E-state index contributed by atoms with van der Waals surface area (Å²) in [7, 11) is 0. The molecule has 0 aliphatic heterocycles. The van der Waals surface area contributed by atoms with E-state index in [2.05, 4.69) is 26.5 Å². The summed E-state index contributed by atoms with van der Waals surface area (Å²) in [6.45, 7) is 4.81. The lowest BCUT2D eigenvalue weighted by atomic mass is 10.1. The number of ether oxygens (including phenoxy) is 2. The van der Waals surface area contributed by atoms with Crippen molar-refractivity contribution in [3.8, 4) is 11.5 Å². The van der Waals surface area contributed by atoms with E-state index in [1.165, 1.54) is 0 Å². The maximum Gasteiger partial charge on any atom is 0.260 e. The minimum Gasteiger partial charge on any atom is -0.490 e. The van der Waals surface area contributed by atoms with E-state index in [0.717, 1.165) is 10.0 Å². The van der Waals surface area contributed by atoms with E-state index in [-0.39, 0.29) is 17.9 Å². The smallest absolute Gasteiger partial charge is 0.260 e. The molecular weight excluding hydrogens is 498 g/mol. The summed E-state index contributed by atoms with van der Waals surface area (Å²) in [6, 6.07) is 18.2. The molecule has 1 aromatic heterocycles. The molecule has 4 aromatic rings. The molecule has 0 saturated carbocycles. The largest absolute Gasteiger partial charge is 0.490 e. The highest BCUT2D eigenvalue weighted by Crippen LogP contribution is 2.36. The minimum absolute atomic E-state index is 0.00974. The highest BCUT2D eigenvalue weighted by Gasteiger charge is 2.13. The van der Waals surface area contributed by atoms with Gasteiger partial charge in [-0.3, -0.25) is 9.59 Å². The van der Waals surface area contributed by atoms with Crippen LogP contribution in [0.25, 0.3) is 21.8 Å². The van der Waals surface area contributed by atoms with E-state index in [9.17, 15) is 9.59 Å². The van der Waals surface area contributed by atoms with Crippen molar-refractivity contribution in [1.29, 1.82) is 0 Å². The van der Waals surface area contributed by atoms with Crippen LogP contribution in [-0.2, 0) is 11.3 Å². The number of hydrogen-bond acceptors (Lipinski definition) is 5. The Bertz CT molecular complexity index is 1390. The van der Waals surface area contributed by atoms with Crippen molar-refractivity contribution in [2.75, 3.05) is 13.2 Å². The van der Waals surface area contributed by atoms with Gasteiger partial charge in [0.1, 0.15) is 6.54 Å². The summed E-state index contributed by atoms with van der Waals surface area (Å²) in [6.07, 6.45) is 1.54. The second-order valence-electron chi connectivity index (χ2n) is 7.44. The number of aromatic nitrogens is 1. The van der Waals surface area contributed by atoms with E-state index in [1.54, 1.807) is 24.4 Å². The lowest BCUT2D eigenvalue weighted by molar-refractivity contribution is -0.121. The molecule has 1 amide bonds. The zero-order valence-electron chi connectivity index (χ0n) is 18.9. The first-order valence-electron chi connectivity index (χ1n) is 10.9. The third-order valence-electron chi connectivity index (χ3n) is 5.20. The van der Waals surface area contributed by atoms with Crippen LogP contribution in [0.3, 0.4) is 0 Å². The second kappa shape index (κ2) is 10.5. The van der Waals surface area contributed by atoms with Gasteiger partial charge in [-0.25, -0.2) is 5.43 Å². The Hall–Kier alpha value is -3.65. The van der Waals surface area contributed by atoms with Gasteiger partial charge < -0.3 is 14.0 Å². The highest BCUT2D eigenvalue weighted by atomic mass is 79.9. The van der Waals surface area contributed by atoms with Gasteiger partial charge in [0.2, 0.25) is 0 Å². The van der Waals surface area contributed by atoms with Gasteiger partial charge in [-0.2, -0.15) is 5.10 Å². The number of para-hydroxylation sites is 2. The summed E-state index contributed by atoms with van der Waals surface area (Å²) in [4.78, 5) is 25.6. The van der Waals surface area contributed by atoms with Crippen LogP contribution >= 0.6 is 15.9 Å². The van der Waals surface area contributed by atoms with Crippen molar-refractivity contribution < 1.29 is 14.3 Å². The van der Waals surface area contributed by atoms with Crippen LogP contribution in [0.15, 0.2) is 75.0 Å². The summed E-state index contributed by atoms with van der Waals surface area (Å²) < 4.78 is 13.9. The first kappa shape index (κ1) is 23.5. The van der Waals surface area contributed by atoms with E-state index in [0.29, 0.717) is 46.5 Å². The van der Waals surface area contributed by atoms with Crippen LogP contribution in [0.4, 0.5) is 0 Å². The zero-order chi connectivity index (χ0) is 24.1. The SMILES string of the molecule is CCOc1cc(C=NNC(=O)Cn2c3ccccc3c(=O)c3ccccc32)cc(Br)c1OCC. The molecule has 3 aromatic carbocycles. The normalized spacial score (nSPS) is 11.3. The van der Waals surface area contributed by atoms with Crippen LogP contribution in [0, 0.1) is 0 Å². The molecule has 0 atom stereocenters. The zero-order valence-corrected chi connectivity index (χ0v) is 20.5. The quantitative estimate of drug-likeness (QED) is 0.204. The van der Waals surface area contributed by atoms with Gasteiger partial charge in [-0.1, -0.05) is 24.3 Å². The maximum atomic E-state index is 12.9. The summed E-state index contributed by atoms with van der Waals surface area (Å²) in [5, 5.41) is 5.26. The van der Waals surface area contributed by atoms with Crippen LogP contribution < -0.4 is 20.3 Å². The fourth-order valence-corrected chi connectivity index (χ4v) is 4.39. The number of hydrazone groups is 1. The van der Waals surface area contributed by atoms with Crippen molar-refractivity contribution in [1.82, 2.24) is 9.99 Å². The van der Waals surface area contributed by atoms with E-state index in [4.69, 9.17) is 9.47 Å². The van der Waals surface area contributed by atoms with E-state index >= 15 is 0 Å². The first-order valence-corrected chi connectivity index (χ1v) is 11.7. The van der Waals surface area contributed by atoms with Gasteiger partial charge in [0.05, 0.1) is 34.9 Å². The lowest BCUT2D eigenvalue weighted by Gasteiger charge is -2.14. The second-order valence-corrected chi connectivity index (χ2v) is 8.29. The number of rotatable bonds is 8. The van der Waals surface area contributed by atoms with E-state index < -0.39 is 0 Å². The number of carbonyl (C=O) groups excluding carboxylic acids is 1. The van der Waals surface area contributed by atoms with Crippen LogP contribution in [0.1, 0.15) is 19.4 Å². The van der Waals surface area contributed by atoms with Gasteiger partial charge in [-0.15, -0.1) is 0 Å². The molecule has 0 spiro atoms. The number of benzene rings is 3. The van der Waals surface area contributed by atoms with Gasteiger partial charge in [-0.05, 0) is 71.7 Å². The number of amides is 1. The molecule has 1 heterocycles. The molecular formula is C26H24BrN3O4. The van der Waals surface area contributed by atoms with Crippen LogP contribution in [0.5, 0.6) is 11.5 Å². The van der Waals surface area contributed by atoms with Gasteiger partial charge >= 0.3 is 0 Å². The van der Waals surface area contributed by atoms with Crippen molar-refractivity contribution >= 4 is 49.9 Å². The summed E-state index contributed by atoms with van der Waals surface area (Å²) in [5.41, 5.74) is 4.66. The fourth-order valence-electron chi connectivity index (χ4n) is 3.81. The van der Waals surface area contributed by atoms with Crippen molar-refractivity contribution in [2.24, 2.45) is 5.10 Å². The molecule has 34 heavy (non-hydrogen) atoms. The average Bonchev–Trinajstić information content (AvgIpc) is 2.84. The highest BCUT2D eigenvalue weighted by molar-refractivity contribution is 9.10. The third kappa shape index (κ3) is 4.82. The Balaban J connectivity index is 1.58. The molecule has 0 bridgehead atoms. The molecule has 0 aliphatic rings. The van der Waals surface area contributed by atoms with Gasteiger partial charge in [0, 0.05) is 10.8 Å². The molecule has 0 aliphatic carbocycles. The molecule has 1 N–H and O–H groups in total. The number of nitrogens with one attached hydrogen (secondary N) is 1. The number of hydrogen-bond donors (Lipinski definition) is 1. The third-order valence-corrected chi connectivity index (χ3v) is 5.79. The Labute approximate surface area is 205 Å². The van der Waals surface area contributed by atoms with Gasteiger partial charge in [0.15, 0.2) is 16.9 Å². The molecule has 0 unspecified atom stereocenters. The Morgan fingerprint density at radius 1 is 1.00 bits per heavy atom. The summed E-state index contributed by atoms with van der Waals surface area (Å²) >= 11 is 3.50. The maximum absolute atomic E-state index is 12.9. The number of pyridine rings is 1. The Morgan fingerprint density at radius 3 is 2.24 bits per heavy atom. The summed E-state index contributed by atoms with van der Waals surface area (Å²) in [5.74, 6) is 0.908. The van der Waals surface area contributed by atoms with Crippen molar-refractivity contribution in [2.45, 2.75) is 20.4 Å². The van der Waals surface area contributed by atoms with Crippen molar-refractivity contribution in [3.05, 3.63) is 80.9 Å². The molecule has 0 saturated heterocycles. The van der Waals surface area contributed by atoms with Gasteiger partial charge in [0.25, 0.3) is 5.91 Å². The van der Waals surface area contributed by atoms with Crippen molar-refractivity contribution in [3.63, 3.8) is 0 Å². The molecule has 0 fully saturated rings. The standard InChI is InChI=1S/C26H24BrN3O4/c1-3-33-23-14-17(13-20(27)26(23)34-4-2)15-28-29-24(31)16-30-21-11-7-5-9-18(21)25(32)19-10-6-8-12-22(19)30/h5-15H,3-4,16H2,1-2H3,(H,29,31). The first-order chi connectivity index (χ1) is 16.5. The number of nitrogens with zero attached hydrogens (tertiary/aromatic N) is 2. The molecule has 174 valence electrons. The molecule has 7 nitrogen and oxygen atoms in total. The predicted octanol–water partition coefficient (Wildman–Crippen LogP) is 4.86. The fraction of sp³-hybridized carbons (Fsp3) is 0.192. The number of fused-ring (bicyclic) bond motifs is 2. The van der Waals surface area contributed by atoms with Crippen LogP contribution in [0.2, 0.25) is 0 Å². The Morgan fingerprint density at radius 2 is 1.62 bits per heavy atom. The average molecular weight is 522 g/mol. The monoisotopic (exact) mass is 521 g/mol. The molecule has 8 heteroatoms. The molecule has 0 radical (unpaired) electrons. The number of halogens is 1. The topological polar surface area (TPSA) is 81.9 Å². The lowest BCUT2D eigenvalue weighted by Crippen LogP contribution is -2.25. The molecule has 4 rings (SSSR count). The minimum atomic E-state index is -0.315. The number of carbonyl (C=O) groups is 1. The predicted molar refractivity (Wildman–Crippen MR) is 138 cm³/mol.